The number of methoxy groups -OCH3 is 1. The number of rotatable bonds is 4. The van der Waals surface area contributed by atoms with Crippen molar-refractivity contribution in [2.24, 2.45) is 0 Å². The van der Waals surface area contributed by atoms with Gasteiger partial charge < -0.3 is 10.1 Å². The Bertz CT molecular complexity index is 861. The number of anilines is 1. The van der Waals surface area contributed by atoms with Crippen LogP contribution in [0.2, 0.25) is 0 Å². The number of pyridine rings is 1. The molecule has 3 aromatic rings. The Kier molecular flexibility index (Phi) is 4.23. The number of esters is 1. The third-order valence-electron chi connectivity index (χ3n) is 3.13. The Morgan fingerprint density at radius 1 is 1.12 bits per heavy atom. The van der Waals surface area contributed by atoms with Crippen LogP contribution < -0.4 is 5.32 Å². The maximum Gasteiger partial charge on any atom is 0.341 e. The van der Waals surface area contributed by atoms with Crippen LogP contribution in [0.4, 0.5) is 5.69 Å². The van der Waals surface area contributed by atoms with E-state index in [0.29, 0.717) is 5.82 Å². The number of imidazole rings is 1. The van der Waals surface area contributed by atoms with Gasteiger partial charge in [-0.15, -0.1) is 10.2 Å². The number of nitrogens with zero attached hydrogens (tertiary/aromatic N) is 5. The molecule has 9 nitrogen and oxygen atoms in total. The van der Waals surface area contributed by atoms with E-state index in [1.165, 1.54) is 31.6 Å². The van der Waals surface area contributed by atoms with Crippen molar-refractivity contribution in [3.8, 4) is 5.82 Å². The third kappa shape index (κ3) is 3.09. The third-order valence-corrected chi connectivity index (χ3v) is 3.13. The molecule has 1 amide bonds. The Labute approximate surface area is 136 Å². The first-order valence-corrected chi connectivity index (χ1v) is 6.85. The van der Waals surface area contributed by atoms with Gasteiger partial charge in [-0.05, 0) is 18.2 Å². The summed E-state index contributed by atoms with van der Waals surface area (Å²) in [5.41, 5.74) is 0.533. The minimum atomic E-state index is -0.597. The van der Waals surface area contributed by atoms with Gasteiger partial charge in [0, 0.05) is 24.8 Å². The van der Waals surface area contributed by atoms with Gasteiger partial charge in [0.25, 0.3) is 5.91 Å². The van der Waals surface area contributed by atoms with Gasteiger partial charge in [0.15, 0.2) is 11.5 Å². The number of amides is 1. The van der Waals surface area contributed by atoms with Gasteiger partial charge in [0.05, 0.1) is 12.8 Å². The average molecular weight is 324 g/mol. The topological polar surface area (TPSA) is 112 Å². The molecule has 120 valence electrons. The molecule has 3 aromatic heterocycles. The second kappa shape index (κ2) is 6.65. The first-order valence-electron chi connectivity index (χ1n) is 6.85. The van der Waals surface area contributed by atoms with Crippen LogP contribution in [0.1, 0.15) is 20.8 Å². The summed E-state index contributed by atoms with van der Waals surface area (Å²) in [5, 5.41) is 10.4. The van der Waals surface area contributed by atoms with Gasteiger partial charge in [0.2, 0.25) is 0 Å². The zero-order chi connectivity index (χ0) is 16.9. The van der Waals surface area contributed by atoms with E-state index in [4.69, 9.17) is 0 Å². The minimum Gasteiger partial charge on any atom is -0.465 e. The summed E-state index contributed by atoms with van der Waals surface area (Å²) >= 11 is 0. The fourth-order valence-electron chi connectivity index (χ4n) is 1.94. The van der Waals surface area contributed by atoms with Crippen molar-refractivity contribution in [2.45, 2.75) is 0 Å². The summed E-state index contributed by atoms with van der Waals surface area (Å²) in [6.45, 7) is 0. The first-order chi connectivity index (χ1) is 11.7. The van der Waals surface area contributed by atoms with Crippen LogP contribution in [0.5, 0.6) is 0 Å². The molecule has 0 fully saturated rings. The maximum absolute atomic E-state index is 12.3. The second-order valence-electron chi connectivity index (χ2n) is 4.61. The van der Waals surface area contributed by atoms with Crippen LogP contribution in [0.25, 0.3) is 5.82 Å². The van der Waals surface area contributed by atoms with E-state index in [2.05, 4.69) is 30.2 Å². The summed E-state index contributed by atoms with van der Waals surface area (Å²) in [7, 11) is 1.25. The molecule has 0 unspecified atom stereocenters. The Morgan fingerprint density at radius 2 is 2.00 bits per heavy atom. The molecule has 0 radical (unpaired) electrons. The van der Waals surface area contributed by atoms with E-state index in [1.54, 1.807) is 29.4 Å². The number of ether oxygens (including phenoxy) is 1. The lowest BCUT2D eigenvalue weighted by Crippen LogP contribution is -2.17. The summed E-state index contributed by atoms with van der Waals surface area (Å²) in [5.74, 6) is -0.570. The second-order valence-corrected chi connectivity index (χ2v) is 4.61. The van der Waals surface area contributed by atoms with E-state index in [-0.39, 0.29) is 16.9 Å². The quantitative estimate of drug-likeness (QED) is 0.715. The highest BCUT2D eigenvalue weighted by Gasteiger charge is 2.16. The average Bonchev–Trinajstić information content (AvgIpc) is 3.16. The highest BCUT2D eigenvalue weighted by atomic mass is 16.5. The van der Waals surface area contributed by atoms with Crippen molar-refractivity contribution in [1.29, 1.82) is 0 Å². The molecule has 1 N–H and O–H groups in total. The molecule has 0 saturated heterocycles. The fourth-order valence-corrected chi connectivity index (χ4v) is 1.94. The van der Waals surface area contributed by atoms with Crippen molar-refractivity contribution < 1.29 is 14.3 Å². The normalized spacial score (nSPS) is 10.2. The van der Waals surface area contributed by atoms with Crippen LogP contribution in [-0.4, -0.2) is 43.7 Å². The Morgan fingerprint density at radius 3 is 2.67 bits per heavy atom. The minimum absolute atomic E-state index is 0.103. The molecule has 24 heavy (non-hydrogen) atoms. The first kappa shape index (κ1) is 15.3. The van der Waals surface area contributed by atoms with Crippen molar-refractivity contribution in [2.75, 3.05) is 12.4 Å². The molecule has 0 bridgehead atoms. The Hall–Kier alpha value is -3.62. The van der Waals surface area contributed by atoms with Crippen LogP contribution in [0.15, 0.2) is 49.3 Å². The molecule has 3 rings (SSSR count). The van der Waals surface area contributed by atoms with E-state index in [1.807, 2.05) is 0 Å². The molecule has 0 aliphatic carbocycles. The van der Waals surface area contributed by atoms with Crippen molar-refractivity contribution >= 4 is 17.6 Å². The molecule has 0 aromatic carbocycles. The Balaban J connectivity index is 1.80. The summed E-state index contributed by atoms with van der Waals surface area (Å²) in [4.78, 5) is 31.7. The molecule has 0 atom stereocenters. The van der Waals surface area contributed by atoms with Gasteiger partial charge in [-0.25, -0.2) is 9.78 Å². The van der Waals surface area contributed by atoms with Crippen LogP contribution in [0.3, 0.4) is 0 Å². The molecule has 9 heteroatoms. The molecular weight excluding hydrogens is 312 g/mol. The highest BCUT2D eigenvalue weighted by molar-refractivity contribution is 6.06. The zero-order valence-corrected chi connectivity index (χ0v) is 12.6. The number of hydrogen-bond donors (Lipinski definition) is 1. The highest BCUT2D eigenvalue weighted by Crippen LogP contribution is 2.15. The van der Waals surface area contributed by atoms with Crippen LogP contribution >= 0.6 is 0 Å². The largest absolute Gasteiger partial charge is 0.465 e. The van der Waals surface area contributed by atoms with Gasteiger partial charge >= 0.3 is 5.97 Å². The van der Waals surface area contributed by atoms with E-state index >= 15 is 0 Å². The van der Waals surface area contributed by atoms with Gasteiger partial charge in [-0.1, -0.05) is 0 Å². The van der Waals surface area contributed by atoms with Crippen LogP contribution in [-0.2, 0) is 4.74 Å². The SMILES string of the molecule is COC(=O)c1cnccc1NC(=O)c1ccc(-n2ccnc2)nn1. The van der Waals surface area contributed by atoms with E-state index < -0.39 is 11.9 Å². The number of hydrogen-bond acceptors (Lipinski definition) is 7. The number of carbonyl (C=O) groups is 2. The van der Waals surface area contributed by atoms with Gasteiger partial charge in [0.1, 0.15) is 11.9 Å². The number of carbonyl (C=O) groups excluding carboxylic acids is 2. The van der Waals surface area contributed by atoms with E-state index in [9.17, 15) is 9.59 Å². The smallest absolute Gasteiger partial charge is 0.341 e. The summed E-state index contributed by atoms with van der Waals surface area (Å²) < 4.78 is 6.31. The maximum atomic E-state index is 12.3. The number of nitrogens with one attached hydrogen (secondary N) is 1. The summed E-state index contributed by atoms with van der Waals surface area (Å²) in [6, 6.07) is 4.66. The van der Waals surface area contributed by atoms with Crippen molar-refractivity contribution in [1.82, 2.24) is 24.7 Å². The van der Waals surface area contributed by atoms with Gasteiger partial charge in [-0.2, -0.15) is 0 Å². The molecule has 0 aliphatic rings. The summed E-state index contributed by atoms with van der Waals surface area (Å²) in [6.07, 6.45) is 7.66. The number of aromatic nitrogens is 5. The lowest BCUT2D eigenvalue weighted by atomic mass is 10.2. The molecular formula is C15H12N6O3. The monoisotopic (exact) mass is 324 g/mol. The van der Waals surface area contributed by atoms with Crippen LogP contribution in [0, 0.1) is 0 Å². The predicted molar refractivity (Wildman–Crippen MR) is 82.7 cm³/mol. The molecule has 0 aliphatic heterocycles. The van der Waals surface area contributed by atoms with Crippen molar-refractivity contribution in [3.05, 3.63) is 60.6 Å². The lowest BCUT2D eigenvalue weighted by molar-refractivity contribution is 0.0601. The van der Waals surface area contributed by atoms with Gasteiger partial charge in [-0.3, -0.25) is 14.3 Å². The molecule has 3 heterocycles. The zero-order valence-electron chi connectivity index (χ0n) is 12.6. The standard InChI is InChI=1S/C15H12N6O3/c1-24-15(23)10-8-16-5-4-11(10)18-14(22)12-2-3-13(20-19-12)21-7-6-17-9-21/h2-9H,1H3,(H,16,18,22). The predicted octanol–water partition coefficient (Wildman–Crippen LogP) is 1.10. The molecule has 0 spiro atoms. The van der Waals surface area contributed by atoms with E-state index in [0.717, 1.165) is 0 Å². The fraction of sp³-hybridized carbons (Fsp3) is 0.0667. The molecule has 0 saturated carbocycles. The lowest BCUT2D eigenvalue weighted by Gasteiger charge is -2.08. The van der Waals surface area contributed by atoms with Crippen molar-refractivity contribution in [3.63, 3.8) is 0 Å².